The summed E-state index contributed by atoms with van der Waals surface area (Å²) in [6.07, 6.45) is 10.1. The molecular formula is C18H22N2O2. The molecule has 1 N–H and O–H groups in total. The molecule has 0 saturated heterocycles. The fourth-order valence-electron chi connectivity index (χ4n) is 2.08. The minimum Gasteiger partial charge on any atom is -0.472 e. The van der Waals surface area contributed by atoms with Gasteiger partial charge in [-0.3, -0.25) is 0 Å². The third-order valence-electron chi connectivity index (χ3n) is 3.20. The maximum Gasteiger partial charge on any atom is 0.233 e. The number of aromatic nitrogens is 2. The number of benzene rings is 1. The molecule has 0 aliphatic carbocycles. The second kappa shape index (κ2) is 8.29. The van der Waals surface area contributed by atoms with Crippen molar-refractivity contribution in [2.24, 2.45) is 0 Å². The Morgan fingerprint density at radius 1 is 1.36 bits per heavy atom. The molecule has 0 aliphatic rings. The molecule has 0 amide bonds. The van der Waals surface area contributed by atoms with Gasteiger partial charge >= 0.3 is 0 Å². The second-order valence-electron chi connectivity index (χ2n) is 5.24. The Labute approximate surface area is 131 Å². The number of hydrogen-bond donors (Lipinski definition) is 1. The standard InChI is InChI=1S/C18H22N2O2/c1-3-11-22-18-13-19-17-12-15(9-10-16(17)20-18)8-6-4-5-7-14(2)21/h3,6,8-10,12-14,21H,1,4-5,7,11H2,2H3/b8-6+. The molecule has 0 bridgehead atoms. The molecule has 1 aromatic carbocycles. The molecule has 0 spiro atoms. The van der Waals surface area contributed by atoms with Gasteiger partial charge in [-0.15, -0.1) is 0 Å². The zero-order chi connectivity index (χ0) is 15.8. The van der Waals surface area contributed by atoms with Crippen LogP contribution in [-0.2, 0) is 0 Å². The van der Waals surface area contributed by atoms with Crippen molar-refractivity contribution >= 4 is 17.1 Å². The van der Waals surface area contributed by atoms with Crippen LogP contribution in [-0.4, -0.2) is 27.8 Å². The van der Waals surface area contributed by atoms with Gasteiger partial charge in [-0.2, -0.15) is 0 Å². The number of unbranched alkanes of at least 4 members (excludes halogenated alkanes) is 1. The van der Waals surface area contributed by atoms with Gasteiger partial charge in [-0.25, -0.2) is 9.97 Å². The molecule has 2 aromatic rings. The Morgan fingerprint density at radius 3 is 3.00 bits per heavy atom. The summed E-state index contributed by atoms with van der Waals surface area (Å²) < 4.78 is 5.38. The molecule has 0 saturated carbocycles. The highest BCUT2D eigenvalue weighted by Crippen LogP contribution is 2.16. The smallest absolute Gasteiger partial charge is 0.233 e. The van der Waals surface area contributed by atoms with E-state index < -0.39 is 0 Å². The Hall–Kier alpha value is -2.20. The van der Waals surface area contributed by atoms with E-state index in [1.165, 1.54) is 0 Å². The minimum absolute atomic E-state index is 0.221. The van der Waals surface area contributed by atoms with Gasteiger partial charge in [0.15, 0.2) is 0 Å². The number of hydrogen-bond acceptors (Lipinski definition) is 4. The van der Waals surface area contributed by atoms with Crippen molar-refractivity contribution in [2.75, 3.05) is 6.61 Å². The van der Waals surface area contributed by atoms with Crippen LogP contribution in [0.5, 0.6) is 5.88 Å². The summed E-state index contributed by atoms with van der Waals surface area (Å²) >= 11 is 0. The van der Waals surface area contributed by atoms with Crippen LogP contribution in [0.3, 0.4) is 0 Å². The molecule has 116 valence electrons. The lowest BCUT2D eigenvalue weighted by atomic mass is 10.1. The maximum absolute atomic E-state index is 9.21. The van der Waals surface area contributed by atoms with Gasteiger partial charge in [-0.1, -0.05) is 30.9 Å². The highest BCUT2D eigenvalue weighted by atomic mass is 16.5. The van der Waals surface area contributed by atoms with E-state index in [-0.39, 0.29) is 6.10 Å². The lowest BCUT2D eigenvalue weighted by Crippen LogP contribution is -1.97. The van der Waals surface area contributed by atoms with Crippen LogP contribution < -0.4 is 4.74 Å². The number of aliphatic hydroxyl groups is 1. The number of fused-ring (bicyclic) bond motifs is 1. The Bertz CT molecular complexity index is 651. The highest BCUT2D eigenvalue weighted by molar-refractivity contribution is 5.77. The molecule has 4 nitrogen and oxygen atoms in total. The van der Waals surface area contributed by atoms with E-state index in [1.54, 1.807) is 12.3 Å². The summed E-state index contributed by atoms with van der Waals surface area (Å²) in [5, 5.41) is 9.21. The normalized spacial score (nSPS) is 12.6. The summed E-state index contributed by atoms with van der Waals surface area (Å²) in [4.78, 5) is 8.77. The first-order valence-electron chi connectivity index (χ1n) is 7.54. The van der Waals surface area contributed by atoms with E-state index in [2.05, 4.69) is 28.7 Å². The Balaban J connectivity index is 2.01. The first-order valence-corrected chi connectivity index (χ1v) is 7.54. The number of aliphatic hydroxyl groups excluding tert-OH is 1. The summed E-state index contributed by atoms with van der Waals surface area (Å²) in [5.41, 5.74) is 2.75. The van der Waals surface area contributed by atoms with Crippen LogP contribution in [0.2, 0.25) is 0 Å². The predicted octanol–water partition coefficient (Wildman–Crippen LogP) is 3.76. The van der Waals surface area contributed by atoms with Crippen molar-refractivity contribution in [3.05, 3.63) is 48.7 Å². The summed E-state index contributed by atoms with van der Waals surface area (Å²) in [6.45, 7) is 5.85. The van der Waals surface area contributed by atoms with E-state index in [4.69, 9.17) is 4.74 Å². The van der Waals surface area contributed by atoms with Crippen LogP contribution in [0.4, 0.5) is 0 Å². The molecular weight excluding hydrogens is 276 g/mol. The molecule has 1 heterocycles. The number of ether oxygens (including phenoxy) is 1. The lowest BCUT2D eigenvalue weighted by Gasteiger charge is -2.04. The lowest BCUT2D eigenvalue weighted by molar-refractivity contribution is 0.182. The van der Waals surface area contributed by atoms with Gasteiger partial charge in [0.05, 0.1) is 23.3 Å². The topological polar surface area (TPSA) is 55.2 Å². The molecule has 1 unspecified atom stereocenters. The monoisotopic (exact) mass is 298 g/mol. The van der Waals surface area contributed by atoms with Crippen LogP contribution in [0.15, 0.2) is 43.1 Å². The van der Waals surface area contributed by atoms with E-state index in [0.717, 1.165) is 35.9 Å². The number of allylic oxidation sites excluding steroid dienone is 1. The predicted molar refractivity (Wildman–Crippen MR) is 89.8 cm³/mol. The first-order chi connectivity index (χ1) is 10.7. The zero-order valence-corrected chi connectivity index (χ0v) is 12.9. The van der Waals surface area contributed by atoms with Gasteiger partial charge in [0.1, 0.15) is 6.61 Å². The van der Waals surface area contributed by atoms with Crippen LogP contribution in [0, 0.1) is 0 Å². The van der Waals surface area contributed by atoms with Crippen LogP contribution in [0.1, 0.15) is 31.7 Å². The SMILES string of the molecule is C=CCOc1cnc2cc(/C=C/CCCC(C)O)ccc2n1. The average molecular weight is 298 g/mol. The summed E-state index contributed by atoms with van der Waals surface area (Å²) in [5.74, 6) is 0.508. The van der Waals surface area contributed by atoms with E-state index >= 15 is 0 Å². The third-order valence-corrected chi connectivity index (χ3v) is 3.20. The van der Waals surface area contributed by atoms with Gasteiger partial charge < -0.3 is 9.84 Å². The molecule has 0 radical (unpaired) electrons. The summed E-state index contributed by atoms with van der Waals surface area (Å²) in [6, 6.07) is 5.96. The quantitative estimate of drug-likeness (QED) is 0.595. The molecule has 2 rings (SSSR count). The highest BCUT2D eigenvalue weighted by Gasteiger charge is 2.01. The second-order valence-corrected chi connectivity index (χ2v) is 5.24. The number of rotatable bonds is 8. The van der Waals surface area contributed by atoms with Crippen LogP contribution >= 0.6 is 0 Å². The van der Waals surface area contributed by atoms with Gasteiger partial charge in [0.25, 0.3) is 0 Å². The number of nitrogens with zero attached hydrogens (tertiary/aromatic N) is 2. The molecule has 1 atom stereocenters. The molecule has 4 heteroatoms. The van der Waals surface area contributed by atoms with E-state index in [0.29, 0.717) is 12.5 Å². The minimum atomic E-state index is -0.221. The molecule has 1 aromatic heterocycles. The van der Waals surface area contributed by atoms with Gasteiger partial charge in [0, 0.05) is 0 Å². The molecule has 0 aliphatic heterocycles. The van der Waals surface area contributed by atoms with Crippen LogP contribution in [0.25, 0.3) is 17.1 Å². The largest absolute Gasteiger partial charge is 0.472 e. The van der Waals surface area contributed by atoms with Gasteiger partial charge in [-0.05, 0) is 43.9 Å². The van der Waals surface area contributed by atoms with Crippen molar-refractivity contribution < 1.29 is 9.84 Å². The van der Waals surface area contributed by atoms with Gasteiger partial charge in [0.2, 0.25) is 5.88 Å². The first kappa shape index (κ1) is 16.2. The Morgan fingerprint density at radius 2 is 2.23 bits per heavy atom. The maximum atomic E-state index is 9.21. The Kier molecular flexibility index (Phi) is 6.10. The third kappa shape index (κ3) is 4.97. The van der Waals surface area contributed by atoms with Crippen molar-refractivity contribution in [1.29, 1.82) is 0 Å². The summed E-state index contributed by atoms with van der Waals surface area (Å²) in [7, 11) is 0. The average Bonchev–Trinajstić information content (AvgIpc) is 2.52. The van der Waals surface area contributed by atoms with E-state index in [1.807, 2.05) is 25.1 Å². The molecule has 22 heavy (non-hydrogen) atoms. The van der Waals surface area contributed by atoms with Crippen molar-refractivity contribution in [1.82, 2.24) is 9.97 Å². The molecule has 0 fully saturated rings. The van der Waals surface area contributed by atoms with Crippen molar-refractivity contribution in [3.63, 3.8) is 0 Å². The fraction of sp³-hybridized carbons (Fsp3) is 0.333. The zero-order valence-electron chi connectivity index (χ0n) is 12.9. The fourth-order valence-corrected chi connectivity index (χ4v) is 2.08. The van der Waals surface area contributed by atoms with Crippen molar-refractivity contribution in [2.45, 2.75) is 32.3 Å². The van der Waals surface area contributed by atoms with E-state index in [9.17, 15) is 5.11 Å². The van der Waals surface area contributed by atoms with Crippen molar-refractivity contribution in [3.8, 4) is 5.88 Å².